The lowest BCUT2D eigenvalue weighted by Gasteiger charge is -1.94. The van der Waals surface area contributed by atoms with Gasteiger partial charge in [-0.05, 0) is 6.07 Å². The maximum Gasteiger partial charge on any atom is 0.115 e. The molecule has 0 atom stereocenters. The maximum atomic E-state index is 5.05. The third-order valence-corrected chi connectivity index (χ3v) is 0.926. The third kappa shape index (κ3) is 1.75. The molecule has 0 aliphatic carbocycles. The van der Waals surface area contributed by atoms with Crippen molar-refractivity contribution in [3.8, 4) is 0 Å². The molecule has 1 heterocycles. The summed E-state index contributed by atoms with van der Waals surface area (Å²) < 4.78 is 0. The highest BCUT2D eigenvalue weighted by atomic mass is 15.2. The molecule has 48 valence electrons. The first kappa shape index (κ1) is 6.12. The predicted molar refractivity (Wildman–Crippen MR) is 33.1 cm³/mol. The van der Waals surface area contributed by atoms with E-state index in [9.17, 15) is 0 Å². The Morgan fingerprint density at radius 3 is 3.11 bits per heavy atom. The fourth-order valence-corrected chi connectivity index (χ4v) is 0.527. The molecule has 3 N–H and O–H groups in total. The second-order valence-corrected chi connectivity index (χ2v) is 1.58. The largest absolute Gasteiger partial charge is 0.271 e. The summed E-state index contributed by atoms with van der Waals surface area (Å²) in [4.78, 5) is 7.66. The van der Waals surface area contributed by atoms with Gasteiger partial charge in [0.1, 0.15) is 6.33 Å². The molecule has 0 saturated carbocycles. The van der Waals surface area contributed by atoms with E-state index in [2.05, 4.69) is 15.4 Å². The van der Waals surface area contributed by atoms with Gasteiger partial charge in [-0.25, -0.2) is 9.97 Å². The van der Waals surface area contributed by atoms with Crippen molar-refractivity contribution in [3.63, 3.8) is 0 Å². The first-order valence-electron chi connectivity index (χ1n) is 2.62. The molecule has 0 radical (unpaired) electrons. The molecule has 9 heavy (non-hydrogen) atoms. The van der Waals surface area contributed by atoms with Crippen LogP contribution < -0.4 is 11.3 Å². The van der Waals surface area contributed by atoms with Crippen LogP contribution in [0.3, 0.4) is 0 Å². The van der Waals surface area contributed by atoms with Crippen LogP contribution in [0.25, 0.3) is 0 Å². The predicted octanol–water partition coefficient (Wildman–Crippen LogP) is -0.560. The summed E-state index contributed by atoms with van der Waals surface area (Å²) in [5.41, 5.74) is 3.39. The van der Waals surface area contributed by atoms with Crippen LogP contribution in [0.2, 0.25) is 0 Å². The van der Waals surface area contributed by atoms with Gasteiger partial charge in [0.05, 0.1) is 12.2 Å². The molecule has 1 aromatic heterocycles. The summed E-state index contributed by atoms with van der Waals surface area (Å²) in [5, 5.41) is 0. The monoisotopic (exact) mass is 124 g/mol. The quantitative estimate of drug-likeness (QED) is 0.409. The van der Waals surface area contributed by atoms with Gasteiger partial charge in [-0.3, -0.25) is 11.3 Å². The number of hydrogen-bond acceptors (Lipinski definition) is 4. The number of nitrogens with one attached hydrogen (secondary N) is 1. The van der Waals surface area contributed by atoms with Gasteiger partial charge in [0.2, 0.25) is 0 Å². The van der Waals surface area contributed by atoms with Gasteiger partial charge in [0.25, 0.3) is 0 Å². The van der Waals surface area contributed by atoms with Crippen molar-refractivity contribution >= 4 is 0 Å². The van der Waals surface area contributed by atoms with Crippen molar-refractivity contribution in [2.24, 2.45) is 5.84 Å². The molecule has 0 amide bonds. The van der Waals surface area contributed by atoms with Gasteiger partial charge in [-0.15, -0.1) is 0 Å². The van der Waals surface area contributed by atoms with E-state index in [1.165, 1.54) is 6.33 Å². The number of nitrogens with two attached hydrogens (primary N) is 1. The second kappa shape index (κ2) is 3.11. The average molecular weight is 124 g/mol. The summed E-state index contributed by atoms with van der Waals surface area (Å²) in [6.07, 6.45) is 3.17. The summed E-state index contributed by atoms with van der Waals surface area (Å²) in [7, 11) is 0. The molecule has 1 aromatic rings. The Balaban J connectivity index is 2.61. The van der Waals surface area contributed by atoms with Crippen LogP contribution in [0.1, 0.15) is 5.69 Å². The number of hydrogen-bond donors (Lipinski definition) is 2. The lowest BCUT2D eigenvalue weighted by Crippen LogP contribution is -2.21. The molecular formula is C5H8N4. The summed E-state index contributed by atoms with van der Waals surface area (Å²) in [6, 6.07) is 1.81. The number of hydrazine groups is 1. The highest BCUT2D eigenvalue weighted by Crippen LogP contribution is 1.86. The van der Waals surface area contributed by atoms with E-state index in [0.29, 0.717) is 6.54 Å². The highest BCUT2D eigenvalue weighted by Gasteiger charge is 1.86. The Morgan fingerprint density at radius 2 is 2.56 bits per heavy atom. The molecule has 4 heteroatoms. The Bertz CT molecular complexity index is 162. The zero-order chi connectivity index (χ0) is 6.53. The van der Waals surface area contributed by atoms with Gasteiger partial charge in [-0.2, -0.15) is 0 Å². The minimum Gasteiger partial charge on any atom is -0.271 e. The highest BCUT2D eigenvalue weighted by molar-refractivity contribution is 4.96. The second-order valence-electron chi connectivity index (χ2n) is 1.58. The summed E-state index contributed by atoms with van der Waals surface area (Å²) >= 11 is 0. The topological polar surface area (TPSA) is 63.8 Å². The van der Waals surface area contributed by atoms with E-state index in [4.69, 9.17) is 5.84 Å². The van der Waals surface area contributed by atoms with E-state index in [1.54, 1.807) is 12.3 Å². The molecule has 0 bridgehead atoms. The lowest BCUT2D eigenvalue weighted by atomic mass is 10.4. The van der Waals surface area contributed by atoms with Crippen LogP contribution in [-0.2, 0) is 6.54 Å². The first-order chi connectivity index (χ1) is 4.43. The van der Waals surface area contributed by atoms with E-state index < -0.39 is 0 Å². The summed E-state index contributed by atoms with van der Waals surface area (Å²) in [5.74, 6) is 5.05. The van der Waals surface area contributed by atoms with Crippen LogP contribution in [0, 0.1) is 0 Å². The molecule has 0 aromatic carbocycles. The Kier molecular flexibility index (Phi) is 2.12. The molecule has 1 rings (SSSR count). The van der Waals surface area contributed by atoms with E-state index in [0.717, 1.165) is 5.69 Å². The molecular weight excluding hydrogens is 116 g/mol. The number of rotatable bonds is 2. The minimum absolute atomic E-state index is 0.586. The Morgan fingerprint density at radius 1 is 1.67 bits per heavy atom. The van der Waals surface area contributed by atoms with Crippen molar-refractivity contribution in [3.05, 3.63) is 24.3 Å². The van der Waals surface area contributed by atoms with Gasteiger partial charge in [-0.1, -0.05) is 0 Å². The fourth-order valence-electron chi connectivity index (χ4n) is 0.527. The number of aromatic nitrogens is 2. The Hall–Kier alpha value is -1.00. The number of nitrogens with zero attached hydrogens (tertiary/aromatic N) is 2. The zero-order valence-corrected chi connectivity index (χ0v) is 4.91. The van der Waals surface area contributed by atoms with Crippen LogP contribution >= 0.6 is 0 Å². The minimum atomic E-state index is 0.586. The van der Waals surface area contributed by atoms with E-state index in [1.807, 2.05) is 0 Å². The molecule has 0 aliphatic heterocycles. The van der Waals surface area contributed by atoms with Gasteiger partial charge < -0.3 is 0 Å². The third-order valence-electron chi connectivity index (χ3n) is 0.926. The van der Waals surface area contributed by atoms with Crippen molar-refractivity contribution in [2.75, 3.05) is 0 Å². The van der Waals surface area contributed by atoms with Crippen molar-refractivity contribution in [1.82, 2.24) is 15.4 Å². The van der Waals surface area contributed by atoms with Crippen LogP contribution in [0.4, 0.5) is 0 Å². The maximum absolute atomic E-state index is 5.05. The lowest BCUT2D eigenvalue weighted by molar-refractivity contribution is 0.720. The molecule has 0 aliphatic rings. The molecule has 0 spiro atoms. The Labute approximate surface area is 53.1 Å². The average Bonchev–Trinajstić information content (AvgIpc) is 1.91. The fraction of sp³-hybridized carbons (Fsp3) is 0.200. The molecule has 0 saturated heterocycles. The van der Waals surface area contributed by atoms with Gasteiger partial charge >= 0.3 is 0 Å². The first-order valence-corrected chi connectivity index (χ1v) is 2.62. The summed E-state index contributed by atoms with van der Waals surface area (Å²) in [6.45, 7) is 0.586. The molecule has 0 unspecified atom stereocenters. The van der Waals surface area contributed by atoms with Gasteiger partial charge in [0.15, 0.2) is 0 Å². The van der Waals surface area contributed by atoms with Crippen LogP contribution in [0.15, 0.2) is 18.6 Å². The van der Waals surface area contributed by atoms with E-state index >= 15 is 0 Å². The normalized spacial score (nSPS) is 9.44. The van der Waals surface area contributed by atoms with E-state index in [-0.39, 0.29) is 0 Å². The van der Waals surface area contributed by atoms with Crippen molar-refractivity contribution in [2.45, 2.75) is 6.54 Å². The zero-order valence-electron chi connectivity index (χ0n) is 4.91. The SMILES string of the molecule is NNCc1ccncn1. The standard InChI is InChI=1S/C5H8N4/c6-9-3-5-1-2-7-4-8-5/h1-2,4,9H,3,6H2. The van der Waals surface area contributed by atoms with Crippen LogP contribution in [-0.4, -0.2) is 9.97 Å². The van der Waals surface area contributed by atoms with Gasteiger partial charge in [0, 0.05) is 6.20 Å². The van der Waals surface area contributed by atoms with Crippen LogP contribution in [0.5, 0.6) is 0 Å². The van der Waals surface area contributed by atoms with Crippen molar-refractivity contribution < 1.29 is 0 Å². The molecule has 4 nitrogen and oxygen atoms in total. The molecule has 0 fully saturated rings. The van der Waals surface area contributed by atoms with Crippen molar-refractivity contribution in [1.29, 1.82) is 0 Å². The smallest absolute Gasteiger partial charge is 0.115 e.